The Labute approximate surface area is 318 Å². The predicted molar refractivity (Wildman–Crippen MR) is 217 cm³/mol. The molecule has 0 saturated carbocycles. The number of fused-ring (bicyclic) bond motifs is 18. The second-order valence-electron chi connectivity index (χ2n) is 13.2. The summed E-state index contributed by atoms with van der Waals surface area (Å²) in [6.07, 6.45) is 3.85. The van der Waals surface area contributed by atoms with E-state index in [1.165, 1.54) is 59.6 Å². The summed E-state index contributed by atoms with van der Waals surface area (Å²) in [7, 11) is 0. The second kappa shape index (κ2) is 15.3. The summed E-state index contributed by atoms with van der Waals surface area (Å²) in [5, 5.41) is 13.0. The summed E-state index contributed by atoms with van der Waals surface area (Å²) in [4.78, 5) is 9.14. The van der Waals surface area contributed by atoms with Gasteiger partial charge in [0.2, 0.25) is 0 Å². The Morgan fingerprint density at radius 3 is 1.48 bits per heavy atom. The van der Waals surface area contributed by atoms with Gasteiger partial charge >= 0.3 is 0 Å². The fourth-order valence-electron chi connectivity index (χ4n) is 6.57. The molecule has 0 aliphatic rings. The number of hydrogen-bond donors (Lipinski definition) is 0. The largest absolute Gasteiger partial charge is 0.304 e. The molecule has 12 bridgehead atoms. The van der Waals surface area contributed by atoms with Crippen LogP contribution >= 0.6 is 0 Å². The minimum Gasteiger partial charge on any atom is -0.304 e. The van der Waals surface area contributed by atoms with Gasteiger partial charge in [-0.3, -0.25) is 0 Å². The standard InChI is InChI=1S/C36H24N.C13H12N.Ir/c1-24-23-37-36-22-35(24)33-15-5-13-31(20-33)29-11-3-9-27(18-29)25-7-2-8-26(17-25)28-10-4-12-30(19-28)32-14-6-16-34(36)21-32;1-10-3-6-12(7-4-10)13-8-5-11(2)9-14-13;/h2-15,17-23H,1H3;3-6,8-9H,1-2H3;/q2*-1;. The van der Waals surface area contributed by atoms with E-state index in [1.807, 2.05) is 43.6 Å². The van der Waals surface area contributed by atoms with E-state index in [0.717, 1.165) is 33.1 Å². The average molecular weight is 845 g/mol. The molecule has 0 spiro atoms. The SMILES string of the molecule is Cc1c[c-]c(-c2ccc(C)cn2)cc1.Cc1cnc2cc1c1cccc(c1)c1cccc(c1)c1cccc(c1)c1cccc(c1)c1cc[c-]c2c1.[Ir]. The first-order valence-corrected chi connectivity index (χ1v) is 17.3. The van der Waals surface area contributed by atoms with E-state index in [-0.39, 0.29) is 20.1 Å². The fraction of sp³-hybridized carbons (Fsp3) is 0.0612. The molecule has 0 fully saturated rings. The van der Waals surface area contributed by atoms with E-state index in [0.29, 0.717) is 0 Å². The first-order chi connectivity index (χ1) is 25.0. The van der Waals surface area contributed by atoms with Crippen molar-refractivity contribution < 1.29 is 20.1 Å². The van der Waals surface area contributed by atoms with Crippen molar-refractivity contribution in [2.24, 2.45) is 0 Å². The summed E-state index contributed by atoms with van der Waals surface area (Å²) in [6, 6.07) is 60.6. The van der Waals surface area contributed by atoms with Crippen LogP contribution in [0.5, 0.6) is 0 Å². The molecule has 2 aromatic heterocycles. The molecule has 2 heterocycles. The van der Waals surface area contributed by atoms with E-state index in [9.17, 15) is 0 Å². The summed E-state index contributed by atoms with van der Waals surface area (Å²) < 4.78 is 0. The van der Waals surface area contributed by atoms with Crippen LogP contribution < -0.4 is 0 Å². The maximum Gasteiger partial charge on any atom is 0.0196 e. The third-order valence-corrected chi connectivity index (χ3v) is 9.43. The molecule has 1 radical (unpaired) electrons. The van der Waals surface area contributed by atoms with Crippen LogP contribution in [0, 0.1) is 32.9 Å². The van der Waals surface area contributed by atoms with Crippen molar-refractivity contribution in [3.63, 3.8) is 0 Å². The summed E-state index contributed by atoms with van der Waals surface area (Å²) in [6.45, 7) is 6.22. The van der Waals surface area contributed by atoms with Crippen LogP contribution in [0.2, 0.25) is 0 Å². The Kier molecular flexibility index (Phi) is 10.2. The van der Waals surface area contributed by atoms with Gasteiger partial charge in [-0.1, -0.05) is 97.9 Å². The maximum atomic E-state index is 4.79. The minimum atomic E-state index is 0. The molecule has 0 unspecified atom stereocenters. The molecule has 9 aromatic rings. The number of aromatic nitrogens is 2. The molecule has 0 atom stereocenters. The van der Waals surface area contributed by atoms with Crippen LogP contribution in [-0.4, -0.2) is 9.97 Å². The van der Waals surface area contributed by atoms with Crippen molar-refractivity contribution in [3.8, 4) is 11.3 Å². The molecular formula is C49H36IrN2-2. The number of aryl methyl sites for hydroxylation is 3. The topological polar surface area (TPSA) is 25.8 Å². The first kappa shape index (κ1) is 34.7. The van der Waals surface area contributed by atoms with Crippen molar-refractivity contribution in [3.05, 3.63) is 193 Å². The maximum absolute atomic E-state index is 4.79. The number of pyridine rings is 2. The molecule has 52 heavy (non-hydrogen) atoms. The molecule has 0 saturated heterocycles. The van der Waals surface area contributed by atoms with E-state index >= 15 is 0 Å². The van der Waals surface area contributed by atoms with Gasteiger partial charge in [-0.05, 0) is 109 Å². The van der Waals surface area contributed by atoms with E-state index in [4.69, 9.17) is 4.98 Å². The molecular weight excluding hydrogens is 809 g/mol. The molecule has 253 valence electrons. The molecule has 7 aromatic carbocycles. The molecule has 0 aliphatic carbocycles. The zero-order valence-electron chi connectivity index (χ0n) is 29.3. The number of benzene rings is 6. The number of hydrogen-bond acceptors (Lipinski definition) is 2. The Morgan fingerprint density at radius 2 is 0.962 bits per heavy atom. The molecule has 0 N–H and O–H groups in total. The van der Waals surface area contributed by atoms with E-state index in [2.05, 4.69) is 158 Å². The summed E-state index contributed by atoms with van der Waals surface area (Å²) in [5.74, 6) is 0. The van der Waals surface area contributed by atoms with Crippen LogP contribution in [0.1, 0.15) is 16.7 Å². The Balaban J connectivity index is 0.000000236. The van der Waals surface area contributed by atoms with Gasteiger partial charge in [0, 0.05) is 32.5 Å². The van der Waals surface area contributed by atoms with E-state index in [1.54, 1.807) is 0 Å². The van der Waals surface area contributed by atoms with Gasteiger partial charge in [-0.2, -0.15) is 0 Å². The third kappa shape index (κ3) is 7.48. The van der Waals surface area contributed by atoms with Gasteiger partial charge in [0.25, 0.3) is 0 Å². The summed E-state index contributed by atoms with van der Waals surface area (Å²) >= 11 is 0. The molecule has 2 nitrogen and oxygen atoms in total. The number of rotatable bonds is 1. The van der Waals surface area contributed by atoms with Gasteiger partial charge in [-0.15, -0.1) is 70.4 Å². The van der Waals surface area contributed by atoms with Crippen LogP contribution in [0.25, 0.3) is 76.0 Å². The van der Waals surface area contributed by atoms with Crippen molar-refractivity contribution in [2.75, 3.05) is 0 Å². The molecule has 0 amide bonds. The molecule has 9 rings (SSSR count). The first-order valence-electron chi connectivity index (χ1n) is 17.3. The smallest absolute Gasteiger partial charge is 0.0196 e. The van der Waals surface area contributed by atoms with Gasteiger partial charge in [0.05, 0.1) is 0 Å². The molecule has 3 heteroatoms. The third-order valence-electron chi connectivity index (χ3n) is 9.43. The second-order valence-corrected chi connectivity index (χ2v) is 13.2. The zero-order chi connectivity index (χ0) is 34.7. The van der Waals surface area contributed by atoms with Gasteiger partial charge < -0.3 is 9.97 Å². The Morgan fingerprint density at radius 1 is 0.442 bits per heavy atom. The van der Waals surface area contributed by atoms with E-state index < -0.39 is 0 Å². The van der Waals surface area contributed by atoms with Crippen LogP contribution in [0.4, 0.5) is 0 Å². The molecule has 0 aliphatic heterocycles. The quantitative estimate of drug-likeness (QED) is 0.154. The monoisotopic (exact) mass is 845 g/mol. The van der Waals surface area contributed by atoms with Gasteiger partial charge in [0.1, 0.15) is 0 Å². The predicted octanol–water partition coefficient (Wildman–Crippen LogP) is 13.0. The Bertz CT molecular complexity index is 2780. The summed E-state index contributed by atoms with van der Waals surface area (Å²) in [5.41, 5.74) is 6.53. The van der Waals surface area contributed by atoms with Crippen LogP contribution in [-0.2, 0) is 20.1 Å². The van der Waals surface area contributed by atoms with Crippen molar-refractivity contribution in [1.82, 2.24) is 9.97 Å². The van der Waals surface area contributed by atoms with Crippen molar-refractivity contribution in [1.29, 1.82) is 0 Å². The van der Waals surface area contributed by atoms with Gasteiger partial charge in [0.15, 0.2) is 0 Å². The fourth-order valence-corrected chi connectivity index (χ4v) is 6.57. The van der Waals surface area contributed by atoms with Crippen LogP contribution in [0.3, 0.4) is 0 Å². The van der Waals surface area contributed by atoms with Crippen LogP contribution in [0.15, 0.2) is 164 Å². The van der Waals surface area contributed by atoms with Crippen molar-refractivity contribution in [2.45, 2.75) is 20.8 Å². The zero-order valence-corrected chi connectivity index (χ0v) is 31.7. The number of nitrogens with zero attached hydrogens (tertiary/aromatic N) is 2. The van der Waals surface area contributed by atoms with Gasteiger partial charge in [-0.25, -0.2) is 0 Å². The normalized spacial score (nSPS) is 10.8. The van der Waals surface area contributed by atoms with Crippen molar-refractivity contribution >= 4 is 64.8 Å². The average Bonchev–Trinajstić information content (AvgIpc) is 3.19. The Hall–Kier alpha value is -5.73. The minimum absolute atomic E-state index is 0.